The lowest BCUT2D eigenvalue weighted by atomic mass is 10.1. The number of halogens is 2. The molecule has 0 bridgehead atoms. The van der Waals surface area contributed by atoms with Crippen molar-refractivity contribution in [2.45, 2.75) is 13.3 Å². The Balaban J connectivity index is 2.32. The van der Waals surface area contributed by atoms with Gasteiger partial charge < -0.3 is 10.5 Å². The standard InChI is InChI=1S/C15H15BrFNO/c1-10-2-4-14(11(8-10)6-7-18)19-15-5-3-12(16)9-13(15)17/h2-5,8-9H,6-7,18H2,1H3. The minimum atomic E-state index is -0.395. The summed E-state index contributed by atoms with van der Waals surface area (Å²) in [6.45, 7) is 2.53. The van der Waals surface area contributed by atoms with Crippen molar-refractivity contribution in [3.8, 4) is 11.5 Å². The first kappa shape index (κ1) is 14.0. The fourth-order valence-electron chi connectivity index (χ4n) is 1.84. The van der Waals surface area contributed by atoms with Crippen LogP contribution in [0.2, 0.25) is 0 Å². The average Bonchev–Trinajstić information content (AvgIpc) is 2.36. The molecular weight excluding hydrogens is 309 g/mol. The molecule has 2 aromatic rings. The Morgan fingerprint density at radius 1 is 1.16 bits per heavy atom. The molecule has 0 aromatic heterocycles. The van der Waals surface area contributed by atoms with Gasteiger partial charge in [-0.15, -0.1) is 0 Å². The summed E-state index contributed by atoms with van der Waals surface area (Å²) >= 11 is 3.22. The predicted octanol–water partition coefficient (Wildman–Crippen LogP) is 4.19. The second-order valence-corrected chi connectivity index (χ2v) is 5.24. The highest BCUT2D eigenvalue weighted by atomic mass is 79.9. The first-order valence-corrected chi connectivity index (χ1v) is 6.82. The van der Waals surface area contributed by atoms with Gasteiger partial charge in [0.2, 0.25) is 0 Å². The third-order valence-electron chi connectivity index (χ3n) is 2.74. The molecule has 0 amide bonds. The summed E-state index contributed by atoms with van der Waals surface area (Å²) in [6, 6.07) is 10.5. The summed E-state index contributed by atoms with van der Waals surface area (Å²) in [5.41, 5.74) is 7.71. The smallest absolute Gasteiger partial charge is 0.166 e. The van der Waals surface area contributed by atoms with Gasteiger partial charge in [0.05, 0.1) is 0 Å². The summed E-state index contributed by atoms with van der Waals surface area (Å²) in [6.07, 6.45) is 0.704. The molecule has 0 spiro atoms. The van der Waals surface area contributed by atoms with Gasteiger partial charge in [-0.2, -0.15) is 0 Å². The van der Waals surface area contributed by atoms with Crippen LogP contribution in [0.5, 0.6) is 11.5 Å². The van der Waals surface area contributed by atoms with Crippen LogP contribution in [0.1, 0.15) is 11.1 Å². The molecule has 0 saturated heterocycles. The first-order chi connectivity index (χ1) is 9.10. The van der Waals surface area contributed by atoms with Crippen LogP contribution in [0, 0.1) is 12.7 Å². The van der Waals surface area contributed by atoms with Crippen LogP contribution in [-0.4, -0.2) is 6.54 Å². The van der Waals surface area contributed by atoms with E-state index in [-0.39, 0.29) is 5.75 Å². The zero-order valence-corrected chi connectivity index (χ0v) is 12.2. The number of nitrogens with two attached hydrogens (primary N) is 1. The molecule has 0 unspecified atom stereocenters. The maximum atomic E-state index is 13.8. The number of hydrogen-bond acceptors (Lipinski definition) is 2. The highest BCUT2D eigenvalue weighted by molar-refractivity contribution is 9.10. The number of rotatable bonds is 4. The van der Waals surface area contributed by atoms with Gasteiger partial charge >= 0.3 is 0 Å². The van der Waals surface area contributed by atoms with Crippen LogP contribution in [0.4, 0.5) is 4.39 Å². The Kier molecular flexibility index (Phi) is 4.56. The molecule has 0 fully saturated rings. The molecule has 0 aliphatic heterocycles. The van der Waals surface area contributed by atoms with Crippen molar-refractivity contribution in [3.05, 3.63) is 57.8 Å². The summed E-state index contributed by atoms with van der Waals surface area (Å²) in [4.78, 5) is 0. The van der Waals surface area contributed by atoms with Gasteiger partial charge in [0.15, 0.2) is 11.6 Å². The summed E-state index contributed by atoms with van der Waals surface area (Å²) in [5, 5.41) is 0. The second kappa shape index (κ2) is 6.17. The maximum Gasteiger partial charge on any atom is 0.166 e. The lowest BCUT2D eigenvalue weighted by Crippen LogP contribution is -2.04. The van der Waals surface area contributed by atoms with Crippen LogP contribution in [-0.2, 0) is 6.42 Å². The molecule has 0 aliphatic rings. The van der Waals surface area contributed by atoms with Gasteiger partial charge in [-0.05, 0) is 49.7 Å². The molecule has 0 atom stereocenters. The SMILES string of the molecule is Cc1ccc(Oc2ccc(Br)cc2F)c(CCN)c1. The zero-order valence-electron chi connectivity index (χ0n) is 10.6. The highest BCUT2D eigenvalue weighted by Crippen LogP contribution is 2.29. The molecule has 2 rings (SSSR count). The number of aryl methyl sites for hydroxylation is 1. The second-order valence-electron chi connectivity index (χ2n) is 4.33. The summed E-state index contributed by atoms with van der Waals surface area (Å²) in [7, 11) is 0. The van der Waals surface area contributed by atoms with Crippen molar-refractivity contribution in [1.29, 1.82) is 0 Å². The number of ether oxygens (including phenoxy) is 1. The molecule has 0 heterocycles. The van der Waals surface area contributed by atoms with E-state index in [9.17, 15) is 4.39 Å². The van der Waals surface area contributed by atoms with Crippen molar-refractivity contribution in [2.75, 3.05) is 6.54 Å². The van der Waals surface area contributed by atoms with Gasteiger partial charge in [0, 0.05) is 4.47 Å². The average molecular weight is 324 g/mol. The van der Waals surface area contributed by atoms with E-state index < -0.39 is 5.82 Å². The van der Waals surface area contributed by atoms with Gasteiger partial charge in [-0.25, -0.2) is 4.39 Å². The topological polar surface area (TPSA) is 35.2 Å². The monoisotopic (exact) mass is 323 g/mol. The molecule has 2 N–H and O–H groups in total. The van der Waals surface area contributed by atoms with Crippen LogP contribution in [0.15, 0.2) is 40.9 Å². The van der Waals surface area contributed by atoms with E-state index in [1.54, 1.807) is 12.1 Å². The molecular formula is C15H15BrFNO. The van der Waals surface area contributed by atoms with Crippen LogP contribution >= 0.6 is 15.9 Å². The van der Waals surface area contributed by atoms with Crippen molar-refractivity contribution in [1.82, 2.24) is 0 Å². The summed E-state index contributed by atoms with van der Waals surface area (Å²) in [5.74, 6) is 0.469. The van der Waals surface area contributed by atoms with Crippen molar-refractivity contribution in [3.63, 3.8) is 0 Å². The van der Waals surface area contributed by atoms with Crippen LogP contribution < -0.4 is 10.5 Å². The Labute approximate surface area is 120 Å². The molecule has 19 heavy (non-hydrogen) atoms. The largest absolute Gasteiger partial charge is 0.454 e. The third kappa shape index (κ3) is 3.55. The third-order valence-corrected chi connectivity index (χ3v) is 3.24. The van der Waals surface area contributed by atoms with E-state index >= 15 is 0 Å². The lowest BCUT2D eigenvalue weighted by Gasteiger charge is -2.12. The van der Waals surface area contributed by atoms with E-state index in [1.165, 1.54) is 6.07 Å². The van der Waals surface area contributed by atoms with E-state index in [0.717, 1.165) is 11.1 Å². The predicted molar refractivity (Wildman–Crippen MR) is 78.1 cm³/mol. The fraction of sp³-hybridized carbons (Fsp3) is 0.200. The Morgan fingerprint density at radius 2 is 1.89 bits per heavy atom. The molecule has 2 nitrogen and oxygen atoms in total. The van der Waals surface area contributed by atoms with Crippen LogP contribution in [0.25, 0.3) is 0 Å². The van der Waals surface area contributed by atoms with Crippen molar-refractivity contribution < 1.29 is 9.13 Å². The fourth-order valence-corrected chi connectivity index (χ4v) is 2.17. The van der Waals surface area contributed by atoms with Gasteiger partial charge in [0.1, 0.15) is 5.75 Å². The minimum absolute atomic E-state index is 0.213. The van der Waals surface area contributed by atoms with Gasteiger partial charge in [-0.1, -0.05) is 33.6 Å². The van der Waals surface area contributed by atoms with Gasteiger partial charge in [-0.3, -0.25) is 0 Å². The zero-order chi connectivity index (χ0) is 13.8. The molecule has 4 heteroatoms. The van der Waals surface area contributed by atoms with E-state index in [4.69, 9.17) is 10.5 Å². The quantitative estimate of drug-likeness (QED) is 0.915. The van der Waals surface area contributed by atoms with E-state index in [2.05, 4.69) is 15.9 Å². The van der Waals surface area contributed by atoms with E-state index in [0.29, 0.717) is 23.2 Å². The summed E-state index contributed by atoms with van der Waals surface area (Å²) < 4.78 is 20.1. The normalized spacial score (nSPS) is 10.5. The highest BCUT2D eigenvalue weighted by Gasteiger charge is 2.09. The molecule has 0 radical (unpaired) electrons. The molecule has 0 aliphatic carbocycles. The van der Waals surface area contributed by atoms with E-state index in [1.807, 2.05) is 25.1 Å². The lowest BCUT2D eigenvalue weighted by molar-refractivity contribution is 0.437. The Morgan fingerprint density at radius 3 is 2.58 bits per heavy atom. The number of hydrogen-bond donors (Lipinski definition) is 1. The Hall–Kier alpha value is -1.39. The molecule has 0 saturated carbocycles. The molecule has 100 valence electrons. The maximum absolute atomic E-state index is 13.8. The minimum Gasteiger partial charge on any atom is -0.454 e. The van der Waals surface area contributed by atoms with Crippen molar-refractivity contribution in [2.24, 2.45) is 5.73 Å². The molecule has 2 aromatic carbocycles. The first-order valence-electron chi connectivity index (χ1n) is 6.02. The van der Waals surface area contributed by atoms with Crippen molar-refractivity contribution >= 4 is 15.9 Å². The van der Waals surface area contributed by atoms with Gasteiger partial charge in [0.25, 0.3) is 0 Å². The Bertz CT molecular complexity index is 586. The number of benzene rings is 2. The van der Waals surface area contributed by atoms with Crippen LogP contribution in [0.3, 0.4) is 0 Å².